The standard InChI is InChI=1S/C22H31N5O7S2.ClH/c1-17-14-18(32-12-5-13-33-25-22(23)24)16-19(15-17)34-36(30,31)21-7-4-3-6-20(21)35(28,29)27-10-8-26(2)9-11-27;/h3-4,6-7,14-16H,5,8-13H2,1-2H3,(H4,23,24,25);1H. The molecule has 2 aromatic rings. The van der Waals surface area contributed by atoms with Crippen LogP contribution in [0.4, 0.5) is 0 Å². The average molecular weight is 578 g/mol. The predicted octanol–water partition coefficient (Wildman–Crippen LogP) is 1.30. The van der Waals surface area contributed by atoms with Crippen molar-refractivity contribution in [3.8, 4) is 11.5 Å². The number of likely N-dealkylation sites (N-methyl/N-ethyl adjacent to an activating group) is 1. The summed E-state index contributed by atoms with van der Waals surface area (Å²) >= 11 is 0. The number of ether oxygens (including phenoxy) is 1. The van der Waals surface area contributed by atoms with Gasteiger partial charge in [-0.3, -0.25) is 10.2 Å². The Kier molecular flexibility index (Phi) is 11.0. The van der Waals surface area contributed by atoms with Crippen LogP contribution in [0.1, 0.15) is 12.0 Å². The number of sulfonamides is 1. The van der Waals surface area contributed by atoms with Gasteiger partial charge in [0.25, 0.3) is 0 Å². The normalized spacial score (nSPS) is 15.0. The molecule has 1 heterocycles. The zero-order valence-corrected chi connectivity index (χ0v) is 23.0. The molecule has 1 saturated heterocycles. The monoisotopic (exact) mass is 577 g/mol. The number of nitrogens with two attached hydrogens (primary N) is 1. The SMILES string of the molecule is Cc1cc(OCCCONC(=N)N)cc(OS(=O)(=O)c2ccccc2S(=O)(=O)N2CCN(C)CC2)c1.Cl. The molecule has 2 aromatic carbocycles. The third-order valence-electron chi connectivity index (χ3n) is 5.27. The van der Waals surface area contributed by atoms with Gasteiger partial charge in [0.2, 0.25) is 16.0 Å². The van der Waals surface area contributed by atoms with Crippen molar-refractivity contribution in [1.29, 1.82) is 5.41 Å². The van der Waals surface area contributed by atoms with Crippen molar-refractivity contribution in [3.63, 3.8) is 0 Å². The fourth-order valence-corrected chi connectivity index (χ4v) is 6.62. The summed E-state index contributed by atoms with van der Waals surface area (Å²) in [7, 11) is -6.63. The number of hydroxylamine groups is 1. The first-order chi connectivity index (χ1) is 17.0. The van der Waals surface area contributed by atoms with Crippen molar-refractivity contribution < 1.29 is 30.6 Å². The third kappa shape index (κ3) is 8.45. The molecule has 0 unspecified atom stereocenters. The zero-order chi connectivity index (χ0) is 26.3. The molecule has 0 bridgehead atoms. The average Bonchev–Trinajstić information content (AvgIpc) is 2.81. The highest BCUT2D eigenvalue weighted by Gasteiger charge is 2.33. The van der Waals surface area contributed by atoms with Gasteiger partial charge in [-0.15, -0.1) is 12.4 Å². The molecule has 15 heteroatoms. The van der Waals surface area contributed by atoms with Gasteiger partial charge in [0.1, 0.15) is 21.3 Å². The molecule has 1 aliphatic rings. The number of halogens is 1. The van der Waals surface area contributed by atoms with E-state index < -0.39 is 25.0 Å². The lowest BCUT2D eigenvalue weighted by Crippen LogP contribution is -2.47. The summed E-state index contributed by atoms with van der Waals surface area (Å²) in [5, 5.41) is 7.01. The largest absolute Gasteiger partial charge is 0.493 e. The fraction of sp³-hybridized carbons (Fsp3) is 0.409. The Morgan fingerprint density at radius 2 is 1.62 bits per heavy atom. The van der Waals surface area contributed by atoms with E-state index in [2.05, 4.69) is 5.48 Å². The molecule has 12 nitrogen and oxygen atoms in total. The summed E-state index contributed by atoms with van der Waals surface area (Å²) in [4.78, 5) is 6.20. The van der Waals surface area contributed by atoms with Crippen molar-refractivity contribution in [3.05, 3.63) is 48.0 Å². The summed E-state index contributed by atoms with van der Waals surface area (Å²) < 4.78 is 65.3. The number of benzene rings is 2. The number of rotatable bonds is 11. The highest BCUT2D eigenvalue weighted by atomic mass is 35.5. The van der Waals surface area contributed by atoms with Gasteiger partial charge in [-0.1, -0.05) is 12.1 Å². The Bertz CT molecular complexity index is 1280. The van der Waals surface area contributed by atoms with Crippen molar-refractivity contribution in [2.75, 3.05) is 46.4 Å². The molecule has 0 aromatic heterocycles. The molecule has 0 aliphatic carbocycles. The van der Waals surface area contributed by atoms with E-state index in [0.717, 1.165) is 0 Å². The topological polar surface area (TPSA) is 164 Å². The van der Waals surface area contributed by atoms with E-state index in [9.17, 15) is 16.8 Å². The zero-order valence-electron chi connectivity index (χ0n) is 20.5. The summed E-state index contributed by atoms with van der Waals surface area (Å²) in [6, 6.07) is 10.1. The molecule has 0 saturated carbocycles. The lowest BCUT2D eigenvalue weighted by Gasteiger charge is -2.31. The lowest BCUT2D eigenvalue weighted by molar-refractivity contribution is 0.0733. The van der Waals surface area contributed by atoms with Gasteiger partial charge in [-0.2, -0.15) is 12.7 Å². The van der Waals surface area contributed by atoms with Crippen LogP contribution < -0.4 is 20.1 Å². The van der Waals surface area contributed by atoms with E-state index in [1.807, 2.05) is 11.9 Å². The molecule has 1 aliphatic heterocycles. The molecule has 0 amide bonds. The van der Waals surface area contributed by atoms with Gasteiger partial charge in [-0.05, 0) is 43.8 Å². The van der Waals surface area contributed by atoms with E-state index in [4.69, 9.17) is 24.9 Å². The number of piperazine rings is 1. The molecular weight excluding hydrogens is 546 g/mol. The smallest absolute Gasteiger partial charge is 0.340 e. The Labute approximate surface area is 223 Å². The van der Waals surface area contributed by atoms with E-state index in [1.165, 1.54) is 40.7 Å². The van der Waals surface area contributed by atoms with Crippen LogP contribution in [0.25, 0.3) is 0 Å². The van der Waals surface area contributed by atoms with Crippen LogP contribution >= 0.6 is 12.4 Å². The first-order valence-electron chi connectivity index (χ1n) is 11.2. The first-order valence-corrected chi connectivity index (χ1v) is 14.0. The van der Waals surface area contributed by atoms with Crippen molar-refractivity contribution in [1.82, 2.24) is 14.7 Å². The molecule has 37 heavy (non-hydrogen) atoms. The quantitative estimate of drug-likeness (QED) is 0.116. The number of hydrogen-bond donors (Lipinski definition) is 3. The predicted molar refractivity (Wildman–Crippen MR) is 140 cm³/mol. The van der Waals surface area contributed by atoms with E-state index >= 15 is 0 Å². The second-order valence-electron chi connectivity index (χ2n) is 8.24. The van der Waals surface area contributed by atoms with E-state index in [-0.39, 0.29) is 55.3 Å². The van der Waals surface area contributed by atoms with Crippen LogP contribution in [0, 0.1) is 12.3 Å². The Morgan fingerprint density at radius 1 is 1.00 bits per heavy atom. The van der Waals surface area contributed by atoms with E-state index in [1.54, 1.807) is 13.0 Å². The molecule has 0 radical (unpaired) electrons. The van der Waals surface area contributed by atoms with Crippen LogP contribution in [0.5, 0.6) is 11.5 Å². The van der Waals surface area contributed by atoms with Gasteiger partial charge in [0.05, 0.1) is 13.2 Å². The Hall–Kier alpha value is -2.62. The number of aryl methyl sites for hydroxylation is 1. The summed E-state index contributed by atoms with van der Waals surface area (Å²) in [5.41, 5.74) is 8.01. The highest BCUT2D eigenvalue weighted by Crippen LogP contribution is 2.30. The highest BCUT2D eigenvalue weighted by molar-refractivity contribution is 7.91. The van der Waals surface area contributed by atoms with Crippen LogP contribution in [0.15, 0.2) is 52.3 Å². The maximum atomic E-state index is 13.3. The minimum Gasteiger partial charge on any atom is -0.493 e. The lowest BCUT2D eigenvalue weighted by atomic mass is 10.2. The molecule has 0 atom stereocenters. The molecule has 3 rings (SSSR count). The van der Waals surface area contributed by atoms with Gasteiger partial charge in [0.15, 0.2) is 0 Å². The summed E-state index contributed by atoms with van der Waals surface area (Å²) in [5.74, 6) is 0.0554. The Balaban J connectivity index is 0.00000481. The summed E-state index contributed by atoms with van der Waals surface area (Å²) in [6.07, 6.45) is 0.472. The van der Waals surface area contributed by atoms with Crippen molar-refractivity contribution in [2.45, 2.75) is 23.1 Å². The number of guanidine groups is 1. The fourth-order valence-electron chi connectivity index (χ4n) is 3.50. The Morgan fingerprint density at radius 3 is 2.27 bits per heavy atom. The van der Waals surface area contributed by atoms with Gasteiger partial charge in [0, 0.05) is 38.7 Å². The van der Waals surface area contributed by atoms with Crippen molar-refractivity contribution in [2.24, 2.45) is 5.73 Å². The maximum absolute atomic E-state index is 13.3. The van der Waals surface area contributed by atoms with Crippen molar-refractivity contribution >= 4 is 38.5 Å². The molecule has 1 fully saturated rings. The molecule has 4 N–H and O–H groups in total. The second kappa shape index (κ2) is 13.3. The maximum Gasteiger partial charge on any atom is 0.340 e. The minimum atomic E-state index is -4.48. The first kappa shape index (κ1) is 30.6. The minimum absolute atomic E-state index is 0. The third-order valence-corrected chi connectivity index (χ3v) is 8.66. The van der Waals surface area contributed by atoms with Crippen LogP contribution in [0.2, 0.25) is 0 Å². The number of nitrogens with zero attached hydrogens (tertiary/aromatic N) is 2. The second-order valence-corrected chi connectivity index (χ2v) is 11.7. The number of nitrogens with one attached hydrogen (secondary N) is 2. The molecule has 206 valence electrons. The molecule has 0 spiro atoms. The van der Waals surface area contributed by atoms with Gasteiger partial charge >= 0.3 is 10.1 Å². The van der Waals surface area contributed by atoms with Gasteiger partial charge < -0.3 is 19.6 Å². The molecular formula is C22H32ClN5O7S2. The van der Waals surface area contributed by atoms with Gasteiger partial charge in [-0.25, -0.2) is 13.9 Å². The summed E-state index contributed by atoms with van der Waals surface area (Å²) in [6.45, 7) is 3.87. The van der Waals surface area contributed by atoms with Crippen LogP contribution in [0.3, 0.4) is 0 Å². The number of hydrogen-bond acceptors (Lipinski definition) is 9. The van der Waals surface area contributed by atoms with Crippen LogP contribution in [-0.4, -0.2) is 78.4 Å². The van der Waals surface area contributed by atoms with Crippen LogP contribution in [-0.2, 0) is 25.0 Å². The van der Waals surface area contributed by atoms with E-state index in [0.29, 0.717) is 30.8 Å².